The van der Waals surface area contributed by atoms with E-state index in [2.05, 4.69) is 26.9 Å². The van der Waals surface area contributed by atoms with Gasteiger partial charge in [0.15, 0.2) is 5.65 Å². The Morgan fingerprint density at radius 3 is 2.92 bits per heavy atom. The number of nitrogens with zero attached hydrogens (tertiary/aromatic N) is 3. The molecule has 2 aromatic rings. The topological polar surface area (TPSA) is 54.5 Å². The molecule has 0 atom stereocenters. The quantitative estimate of drug-likeness (QED) is 0.686. The van der Waals surface area contributed by atoms with Crippen LogP contribution in [-0.2, 0) is 6.42 Å². The standard InChI is InChI=1S/C8H10N4/c1-3-6-11-7-5(2)9-4-10-8(7)12-6/h4H,3H2,1-2H3,(H,9,10,11,12). The summed E-state index contributed by atoms with van der Waals surface area (Å²) in [5.74, 6) is 0.966. The molecule has 0 aliphatic heterocycles. The van der Waals surface area contributed by atoms with E-state index in [9.17, 15) is 0 Å². The molecule has 0 aliphatic carbocycles. The van der Waals surface area contributed by atoms with Gasteiger partial charge in [-0.2, -0.15) is 0 Å². The zero-order chi connectivity index (χ0) is 8.55. The fourth-order valence-electron chi connectivity index (χ4n) is 1.16. The minimum atomic E-state index is 0.763. The number of aromatic amines is 1. The van der Waals surface area contributed by atoms with E-state index in [1.165, 1.54) is 6.33 Å². The van der Waals surface area contributed by atoms with Gasteiger partial charge in [0.05, 0.1) is 5.69 Å². The van der Waals surface area contributed by atoms with E-state index in [0.29, 0.717) is 0 Å². The third-order valence-corrected chi connectivity index (χ3v) is 1.86. The largest absolute Gasteiger partial charge is 0.339 e. The van der Waals surface area contributed by atoms with Crippen LogP contribution in [0.15, 0.2) is 6.33 Å². The van der Waals surface area contributed by atoms with Crippen molar-refractivity contribution in [3.8, 4) is 0 Å². The van der Waals surface area contributed by atoms with Crippen LogP contribution in [-0.4, -0.2) is 19.9 Å². The summed E-state index contributed by atoms with van der Waals surface area (Å²) < 4.78 is 0. The first kappa shape index (κ1) is 7.21. The molecule has 12 heavy (non-hydrogen) atoms. The van der Waals surface area contributed by atoms with Gasteiger partial charge in [-0.25, -0.2) is 15.0 Å². The molecule has 0 spiro atoms. The van der Waals surface area contributed by atoms with Gasteiger partial charge >= 0.3 is 0 Å². The van der Waals surface area contributed by atoms with Gasteiger partial charge in [-0.05, 0) is 6.92 Å². The highest BCUT2D eigenvalue weighted by Crippen LogP contribution is 2.10. The lowest BCUT2D eigenvalue weighted by Gasteiger charge is -1.89. The van der Waals surface area contributed by atoms with Gasteiger partial charge in [-0.3, -0.25) is 0 Å². The second kappa shape index (κ2) is 2.55. The summed E-state index contributed by atoms with van der Waals surface area (Å²) >= 11 is 0. The number of aryl methyl sites for hydroxylation is 2. The minimum Gasteiger partial charge on any atom is -0.339 e. The Morgan fingerprint density at radius 1 is 1.42 bits per heavy atom. The number of hydrogen-bond acceptors (Lipinski definition) is 3. The van der Waals surface area contributed by atoms with Gasteiger partial charge in [-0.1, -0.05) is 6.92 Å². The minimum absolute atomic E-state index is 0.763. The molecule has 0 saturated heterocycles. The molecular weight excluding hydrogens is 152 g/mol. The number of rotatable bonds is 1. The summed E-state index contributed by atoms with van der Waals surface area (Å²) in [6, 6.07) is 0. The zero-order valence-electron chi connectivity index (χ0n) is 7.13. The molecule has 4 heteroatoms. The third kappa shape index (κ3) is 0.958. The van der Waals surface area contributed by atoms with E-state index in [-0.39, 0.29) is 0 Å². The van der Waals surface area contributed by atoms with Crippen LogP contribution in [0.2, 0.25) is 0 Å². The third-order valence-electron chi connectivity index (χ3n) is 1.86. The molecule has 0 bridgehead atoms. The molecule has 0 saturated carbocycles. The Labute approximate surface area is 70.1 Å². The number of aromatic nitrogens is 4. The Bertz CT molecular complexity index is 404. The van der Waals surface area contributed by atoms with Crippen molar-refractivity contribution in [3.63, 3.8) is 0 Å². The molecule has 62 valence electrons. The van der Waals surface area contributed by atoms with Gasteiger partial charge in [0.1, 0.15) is 17.7 Å². The van der Waals surface area contributed by atoms with E-state index in [1.807, 2.05) is 6.92 Å². The second-order valence-electron chi connectivity index (χ2n) is 2.69. The summed E-state index contributed by atoms with van der Waals surface area (Å²) in [5, 5.41) is 0. The number of imidazole rings is 1. The zero-order valence-corrected chi connectivity index (χ0v) is 7.13. The molecule has 2 aromatic heterocycles. The first-order valence-corrected chi connectivity index (χ1v) is 3.97. The van der Waals surface area contributed by atoms with E-state index in [4.69, 9.17) is 0 Å². The van der Waals surface area contributed by atoms with Crippen LogP contribution < -0.4 is 0 Å². The number of H-pyrrole nitrogens is 1. The lowest BCUT2D eigenvalue weighted by molar-refractivity contribution is 0.997. The van der Waals surface area contributed by atoms with Crippen molar-refractivity contribution in [3.05, 3.63) is 17.8 Å². The maximum absolute atomic E-state index is 4.29. The lowest BCUT2D eigenvalue weighted by atomic mass is 10.4. The number of fused-ring (bicyclic) bond motifs is 1. The molecule has 0 amide bonds. The number of nitrogens with one attached hydrogen (secondary N) is 1. The highest BCUT2D eigenvalue weighted by atomic mass is 15.0. The predicted molar refractivity (Wildman–Crippen MR) is 45.8 cm³/mol. The maximum atomic E-state index is 4.29. The first-order chi connectivity index (χ1) is 5.81. The Morgan fingerprint density at radius 2 is 2.25 bits per heavy atom. The molecule has 4 nitrogen and oxygen atoms in total. The average molecular weight is 162 g/mol. The summed E-state index contributed by atoms with van der Waals surface area (Å²) in [6.45, 7) is 4.00. The van der Waals surface area contributed by atoms with E-state index < -0.39 is 0 Å². The van der Waals surface area contributed by atoms with Crippen molar-refractivity contribution in [2.75, 3.05) is 0 Å². The van der Waals surface area contributed by atoms with Crippen LogP contribution >= 0.6 is 0 Å². The van der Waals surface area contributed by atoms with E-state index in [0.717, 1.165) is 29.1 Å². The van der Waals surface area contributed by atoms with Crippen molar-refractivity contribution >= 4 is 11.2 Å². The van der Waals surface area contributed by atoms with Crippen LogP contribution in [0.5, 0.6) is 0 Å². The van der Waals surface area contributed by atoms with Crippen LogP contribution in [0.1, 0.15) is 18.4 Å². The fraction of sp³-hybridized carbons (Fsp3) is 0.375. The van der Waals surface area contributed by atoms with Gasteiger partial charge in [0, 0.05) is 6.42 Å². The SMILES string of the molecule is CCc1nc2ncnc(C)c2[nH]1. The summed E-state index contributed by atoms with van der Waals surface area (Å²) in [4.78, 5) is 15.6. The van der Waals surface area contributed by atoms with Gasteiger partial charge in [-0.15, -0.1) is 0 Å². The van der Waals surface area contributed by atoms with Crippen LogP contribution in [0.25, 0.3) is 11.2 Å². The molecule has 0 aliphatic rings. The fourth-order valence-corrected chi connectivity index (χ4v) is 1.16. The molecule has 0 aromatic carbocycles. The molecule has 0 fully saturated rings. The Balaban J connectivity index is 2.74. The second-order valence-corrected chi connectivity index (χ2v) is 2.69. The predicted octanol–water partition coefficient (Wildman–Crippen LogP) is 1.22. The van der Waals surface area contributed by atoms with Crippen molar-refractivity contribution in [2.45, 2.75) is 20.3 Å². The van der Waals surface area contributed by atoms with Crippen molar-refractivity contribution < 1.29 is 0 Å². The lowest BCUT2D eigenvalue weighted by Crippen LogP contribution is -1.84. The van der Waals surface area contributed by atoms with Gasteiger partial charge < -0.3 is 4.98 Å². The molecule has 1 N–H and O–H groups in total. The van der Waals surface area contributed by atoms with Crippen LogP contribution in [0.3, 0.4) is 0 Å². The Hall–Kier alpha value is -1.45. The van der Waals surface area contributed by atoms with Crippen molar-refractivity contribution in [2.24, 2.45) is 0 Å². The monoisotopic (exact) mass is 162 g/mol. The van der Waals surface area contributed by atoms with Gasteiger partial charge in [0.25, 0.3) is 0 Å². The molecule has 0 radical (unpaired) electrons. The van der Waals surface area contributed by atoms with Crippen LogP contribution in [0.4, 0.5) is 0 Å². The summed E-state index contributed by atoms with van der Waals surface area (Å²) in [5.41, 5.74) is 2.67. The highest BCUT2D eigenvalue weighted by Gasteiger charge is 2.03. The molecule has 0 unspecified atom stereocenters. The maximum Gasteiger partial charge on any atom is 0.181 e. The van der Waals surface area contributed by atoms with Crippen LogP contribution in [0, 0.1) is 6.92 Å². The van der Waals surface area contributed by atoms with E-state index in [1.54, 1.807) is 0 Å². The summed E-state index contributed by atoms with van der Waals surface area (Å²) in [7, 11) is 0. The normalized spacial score (nSPS) is 10.8. The first-order valence-electron chi connectivity index (χ1n) is 3.97. The molecule has 2 heterocycles. The smallest absolute Gasteiger partial charge is 0.181 e. The van der Waals surface area contributed by atoms with Gasteiger partial charge in [0.2, 0.25) is 0 Å². The Kier molecular flexibility index (Phi) is 1.53. The van der Waals surface area contributed by atoms with Crippen molar-refractivity contribution in [1.29, 1.82) is 0 Å². The van der Waals surface area contributed by atoms with Crippen molar-refractivity contribution in [1.82, 2.24) is 19.9 Å². The summed E-state index contributed by atoms with van der Waals surface area (Å²) in [6.07, 6.45) is 2.44. The molecular formula is C8H10N4. The average Bonchev–Trinajstić information content (AvgIpc) is 2.49. The number of hydrogen-bond donors (Lipinski definition) is 1. The molecule has 2 rings (SSSR count). The highest BCUT2D eigenvalue weighted by molar-refractivity contribution is 5.72. The van der Waals surface area contributed by atoms with E-state index >= 15 is 0 Å².